The Bertz CT molecular complexity index is 1060. The molecule has 1 fully saturated rings. The average molecular weight is 515 g/mol. The summed E-state index contributed by atoms with van der Waals surface area (Å²) in [6.07, 6.45) is 1.88. The van der Waals surface area contributed by atoms with Crippen LogP contribution in [-0.2, 0) is 30.2 Å². The Hall–Kier alpha value is -3.66. The largest absolute Gasteiger partial charge is 0.493 e. The summed E-state index contributed by atoms with van der Waals surface area (Å²) in [7, 11) is 1.41. The first-order valence-electron chi connectivity index (χ1n) is 12.3. The lowest BCUT2D eigenvalue weighted by atomic mass is 9.95. The minimum atomic E-state index is -0.954. The first-order valence-corrected chi connectivity index (χ1v) is 12.3. The zero-order valence-electron chi connectivity index (χ0n) is 21.6. The first kappa shape index (κ1) is 27.9. The van der Waals surface area contributed by atoms with E-state index in [9.17, 15) is 14.4 Å². The molecule has 0 bridgehead atoms. The number of hydrogen-bond donors (Lipinski definition) is 1. The number of esters is 2. The molecule has 0 saturated carbocycles. The van der Waals surface area contributed by atoms with Crippen LogP contribution in [0.2, 0.25) is 0 Å². The summed E-state index contributed by atoms with van der Waals surface area (Å²) in [5.41, 5.74) is 1.00. The Balaban J connectivity index is 1.69. The molecule has 1 aliphatic heterocycles. The minimum Gasteiger partial charge on any atom is -0.493 e. The van der Waals surface area contributed by atoms with Crippen molar-refractivity contribution in [3.8, 4) is 11.5 Å². The highest BCUT2D eigenvalue weighted by Crippen LogP contribution is 2.30. The highest BCUT2D eigenvalue weighted by molar-refractivity contribution is 5.98. The van der Waals surface area contributed by atoms with Crippen LogP contribution < -0.4 is 14.8 Å². The van der Waals surface area contributed by atoms with Crippen molar-refractivity contribution in [2.24, 2.45) is 11.8 Å². The van der Waals surface area contributed by atoms with Gasteiger partial charge in [0.1, 0.15) is 12.1 Å². The van der Waals surface area contributed by atoms with Crippen molar-refractivity contribution >= 4 is 17.8 Å². The molecule has 37 heavy (non-hydrogen) atoms. The van der Waals surface area contributed by atoms with E-state index in [0.717, 1.165) is 5.56 Å². The fourth-order valence-electron chi connectivity index (χ4n) is 3.76. The van der Waals surface area contributed by atoms with Crippen LogP contribution in [0.5, 0.6) is 11.5 Å². The maximum Gasteiger partial charge on any atom is 0.329 e. The van der Waals surface area contributed by atoms with Crippen LogP contribution in [0.4, 0.5) is 0 Å². The van der Waals surface area contributed by atoms with Crippen LogP contribution in [0.3, 0.4) is 0 Å². The van der Waals surface area contributed by atoms with Crippen LogP contribution in [0.15, 0.2) is 42.6 Å². The number of methoxy groups -OCH3 is 1. The summed E-state index contributed by atoms with van der Waals surface area (Å²) in [4.78, 5) is 42.0. The normalized spacial score (nSPS) is 20.1. The predicted molar refractivity (Wildman–Crippen MR) is 133 cm³/mol. The fraction of sp³-hybridized carbons (Fsp3) is 0.481. The number of aromatic nitrogens is 1. The maximum absolute atomic E-state index is 13.2. The highest BCUT2D eigenvalue weighted by atomic mass is 16.7. The van der Waals surface area contributed by atoms with Crippen LogP contribution in [-0.4, -0.2) is 62.1 Å². The van der Waals surface area contributed by atoms with Gasteiger partial charge in [-0.2, -0.15) is 0 Å². The monoisotopic (exact) mass is 514 g/mol. The summed E-state index contributed by atoms with van der Waals surface area (Å²) in [6.45, 7) is 5.46. The summed E-state index contributed by atoms with van der Waals surface area (Å²) in [5, 5.41) is 2.68. The van der Waals surface area contributed by atoms with Gasteiger partial charge < -0.3 is 29.0 Å². The molecule has 1 saturated heterocycles. The second kappa shape index (κ2) is 13.6. The van der Waals surface area contributed by atoms with Crippen molar-refractivity contribution in [2.45, 2.75) is 45.8 Å². The van der Waals surface area contributed by atoms with E-state index in [1.807, 2.05) is 37.3 Å². The molecule has 0 unspecified atom stereocenters. The second-order valence-corrected chi connectivity index (χ2v) is 9.05. The molecule has 10 heteroatoms. The SMILES string of the molecule is COc1ccnc(C(=O)N[C@H]2CCOC[C@@H](Cc3ccccc3)[C@H](C)OC2=O)c1OCOC(=O)C(C)C. The van der Waals surface area contributed by atoms with E-state index in [-0.39, 0.29) is 42.1 Å². The molecule has 2 aromatic rings. The number of nitrogens with zero attached hydrogens (tertiary/aromatic N) is 1. The standard InChI is InChI=1S/C27H34N2O8/c1-17(2)26(31)36-16-35-24-22(33-4)10-12-28-23(24)25(30)29-21-11-13-34-15-20(18(3)37-27(21)32)14-19-8-6-5-7-9-19/h5-10,12,17-18,20-21H,11,13-16H2,1-4H3,(H,29,30)/t18-,20+,21-/m0/s1. The third kappa shape index (κ3) is 7.91. The van der Waals surface area contributed by atoms with Crippen molar-refractivity contribution < 1.29 is 38.1 Å². The first-order chi connectivity index (χ1) is 17.8. The van der Waals surface area contributed by atoms with Crippen LogP contribution in [0, 0.1) is 11.8 Å². The Morgan fingerprint density at radius 1 is 1.19 bits per heavy atom. The van der Waals surface area contributed by atoms with Gasteiger partial charge in [-0.3, -0.25) is 9.59 Å². The van der Waals surface area contributed by atoms with E-state index in [1.54, 1.807) is 13.8 Å². The molecule has 2 heterocycles. The lowest BCUT2D eigenvalue weighted by Crippen LogP contribution is -2.44. The van der Waals surface area contributed by atoms with Gasteiger partial charge in [-0.1, -0.05) is 44.2 Å². The number of carbonyl (C=O) groups excluding carboxylic acids is 3. The molecule has 0 radical (unpaired) electrons. The van der Waals surface area contributed by atoms with E-state index in [2.05, 4.69) is 10.3 Å². The maximum atomic E-state index is 13.2. The number of ether oxygens (including phenoxy) is 5. The molecular weight excluding hydrogens is 480 g/mol. The van der Waals surface area contributed by atoms with Gasteiger partial charge in [0.15, 0.2) is 17.2 Å². The lowest BCUT2D eigenvalue weighted by Gasteiger charge is -2.24. The molecule has 10 nitrogen and oxygen atoms in total. The number of cyclic esters (lactones) is 1. The molecule has 200 valence electrons. The second-order valence-electron chi connectivity index (χ2n) is 9.05. The summed E-state index contributed by atoms with van der Waals surface area (Å²) < 4.78 is 27.4. The van der Waals surface area contributed by atoms with Crippen molar-refractivity contribution in [3.05, 3.63) is 53.9 Å². The summed E-state index contributed by atoms with van der Waals surface area (Å²) in [6, 6.07) is 10.5. The van der Waals surface area contributed by atoms with Gasteiger partial charge >= 0.3 is 11.9 Å². The lowest BCUT2D eigenvalue weighted by molar-refractivity contribution is -0.154. The molecule has 0 spiro atoms. The average Bonchev–Trinajstić information content (AvgIpc) is 2.95. The molecule has 1 aromatic carbocycles. The van der Waals surface area contributed by atoms with Crippen LogP contribution >= 0.6 is 0 Å². The fourth-order valence-corrected chi connectivity index (χ4v) is 3.76. The zero-order chi connectivity index (χ0) is 26.8. The third-order valence-corrected chi connectivity index (χ3v) is 5.96. The van der Waals surface area contributed by atoms with Crippen molar-refractivity contribution in [1.29, 1.82) is 0 Å². The van der Waals surface area contributed by atoms with Gasteiger partial charge in [-0.25, -0.2) is 9.78 Å². The number of benzene rings is 1. The zero-order valence-corrected chi connectivity index (χ0v) is 21.6. The topological polar surface area (TPSA) is 122 Å². The Kier molecular flexibility index (Phi) is 10.3. The molecule has 0 aliphatic carbocycles. The van der Waals surface area contributed by atoms with E-state index < -0.39 is 36.8 Å². The molecule has 1 aliphatic rings. The molecule has 3 atom stereocenters. The van der Waals surface area contributed by atoms with E-state index in [1.165, 1.54) is 19.4 Å². The van der Waals surface area contributed by atoms with Crippen molar-refractivity contribution in [2.75, 3.05) is 27.1 Å². The van der Waals surface area contributed by atoms with E-state index in [4.69, 9.17) is 23.7 Å². The third-order valence-electron chi connectivity index (χ3n) is 5.96. The number of carbonyl (C=O) groups is 3. The number of amides is 1. The summed E-state index contributed by atoms with van der Waals surface area (Å²) >= 11 is 0. The Labute approximate surface area is 216 Å². The van der Waals surface area contributed by atoms with Crippen LogP contribution in [0.25, 0.3) is 0 Å². The molecule has 3 rings (SSSR count). The number of hydrogen-bond acceptors (Lipinski definition) is 9. The van der Waals surface area contributed by atoms with Gasteiger partial charge in [0, 0.05) is 31.2 Å². The van der Waals surface area contributed by atoms with Gasteiger partial charge in [-0.15, -0.1) is 0 Å². The highest BCUT2D eigenvalue weighted by Gasteiger charge is 2.31. The summed E-state index contributed by atoms with van der Waals surface area (Å²) in [5.74, 6) is -1.84. The molecular formula is C27H34N2O8. The van der Waals surface area contributed by atoms with E-state index in [0.29, 0.717) is 13.0 Å². The van der Waals surface area contributed by atoms with Crippen molar-refractivity contribution in [1.82, 2.24) is 10.3 Å². The van der Waals surface area contributed by atoms with E-state index >= 15 is 0 Å². The Morgan fingerprint density at radius 2 is 1.95 bits per heavy atom. The smallest absolute Gasteiger partial charge is 0.329 e. The van der Waals surface area contributed by atoms with Crippen LogP contribution in [0.1, 0.15) is 43.2 Å². The molecule has 1 aromatic heterocycles. The predicted octanol–water partition coefficient (Wildman–Crippen LogP) is 2.94. The van der Waals surface area contributed by atoms with Gasteiger partial charge in [-0.05, 0) is 18.9 Å². The minimum absolute atomic E-state index is 0.0111. The molecule has 1 amide bonds. The molecule has 1 N–H and O–H groups in total. The number of rotatable bonds is 9. The number of nitrogens with one attached hydrogen (secondary N) is 1. The van der Waals surface area contributed by atoms with Gasteiger partial charge in [0.05, 0.1) is 19.6 Å². The quantitative estimate of drug-likeness (QED) is 0.397. The van der Waals surface area contributed by atoms with Gasteiger partial charge in [0.2, 0.25) is 6.79 Å². The van der Waals surface area contributed by atoms with Crippen molar-refractivity contribution in [3.63, 3.8) is 0 Å². The number of pyridine rings is 1. The van der Waals surface area contributed by atoms with Gasteiger partial charge in [0.25, 0.3) is 5.91 Å². The Morgan fingerprint density at radius 3 is 2.65 bits per heavy atom.